The molecule has 0 radical (unpaired) electrons. The van der Waals surface area contributed by atoms with Crippen LogP contribution in [0.3, 0.4) is 0 Å². The van der Waals surface area contributed by atoms with E-state index in [2.05, 4.69) is 21.0 Å². The van der Waals surface area contributed by atoms with Crippen molar-refractivity contribution in [2.24, 2.45) is 0 Å². The maximum atomic E-state index is 11.3. The van der Waals surface area contributed by atoms with E-state index < -0.39 is 5.97 Å². The molecular weight excluding hydrogens is 320 g/mol. The van der Waals surface area contributed by atoms with Crippen molar-refractivity contribution >= 4 is 33.5 Å². The molecular formula is C12H10BrClN2O2. The van der Waals surface area contributed by atoms with Crippen molar-refractivity contribution in [3.8, 4) is 5.69 Å². The standard InChI is InChI=1S/C12H10BrClN2O2/c1-6-11(13)7(2)16(15-6)9-5-3-4-8(14)10(9)12(17)18/h3-5H,1-2H3,(H,17,18). The lowest BCUT2D eigenvalue weighted by molar-refractivity contribution is 0.0697. The summed E-state index contributed by atoms with van der Waals surface area (Å²) in [6, 6.07) is 4.94. The van der Waals surface area contributed by atoms with Gasteiger partial charge in [0.15, 0.2) is 0 Å². The smallest absolute Gasteiger partial charge is 0.339 e. The SMILES string of the molecule is Cc1nn(-c2cccc(Cl)c2C(=O)O)c(C)c1Br. The predicted octanol–water partition coefficient (Wildman–Crippen LogP) is 3.60. The highest BCUT2D eigenvalue weighted by Gasteiger charge is 2.19. The van der Waals surface area contributed by atoms with Gasteiger partial charge in [0.05, 0.1) is 26.6 Å². The summed E-state index contributed by atoms with van der Waals surface area (Å²) in [6.07, 6.45) is 0. The van der Waals surface area contributed by atoms with Gasteiger partial charge in [0.1, 0.15) is 5.56 Å². The highest BCUT2D eigenvalue weighted by Crippen LogP contribution is 2.28. The molecule has 0 unspecified atom stereocenters. The molecule has 1 aromatic carbocycles. The van der Waals surface area contributed by atoms with Gasteiger partial charge in [0.25, 0.3) is 0 Å². The Morgan fingerprint density at radius 2 is 2.11 bits per heavy atom. The minimum Gasteiger partial charge on any atom is -0.478 e. The van der Waals surface area contributed by atoms with Crippen LogP contribution in [-0.2, 0) is 0 Å². The van der Waals surface area contributed by atoms with Crippen LogP contribution >= 0.6 is 27.5 Å². The average Bonchev–Trinajstić information content (AvgIpc) is 2.56. The van der Waals surface area contributed by atoms with Crippen molar-refractivity contribution in [1.29, 1.82) is 0 Å². The lowest BCUT2D eigenvalue weighted by Crippen LogP contribution is -2.08. The quantitative estimate of drug-likeness (QED) is 0.916. The van der Waals surface area contributed by atoms with Crippen molar-refractivity contribution in [2.75, 3.05) is 0 Å². The van der Waals surface area contributed by atoms with Gasteiger partial charge >= 0.3 is 5.97 Å². The topological polar surface area (TPSA) is 55.1 Å². The molecule has 4 nitrogen and oxygen atoms in total. The Kier molecular flexibility index (Phi) is 3.45. The molecule has 0 amide bonds. The van der Waals surface area contributed by atoms with Crippen LogP contribution in [0.4, 0.5) is 0 Å². The molecule has 18 heavy (non-hydrogen) atoms. The molecule has 1 aromatic heterocycles. The first-order chi connectivity index (χ1) is 8.43. The Balaban J connectivity index is 2.75. The van der Waals surface area contributed by atoms with Gasteiger partial charge in [-0.3, -0.25) is 0 Å². The summed E-state index contributed by atoms with van der Waals surface area (Å²) in [7, 11) is 0. The van der Waals surface area contributed by atoms with Crippen LogP contribution < -0.4 is 0 Å². The van der Waals surface area contributed by atoms with Gasteiger partial charge in [0.2, 0.25) is 0 Å². The first-order valence-electron chi connectivity index (χ1n) is 5.17. The highest BCUT2D eigenvalue weighted by molar-refractivity contribution is 9.10. The second-order valence-electron chi connectivity index (χ2n) is 3.84. The molecule has 0 bridgehead atoms. The number of rotatable bonds is 2. The second kappa shape index (κ2) is 4.74. The van der Waals surface area contributed by atoms with Gasteiger partial charge in [-0.1, -0.05) is 17.7 Å². The first kappa shape index (κ1) is 13.1. The van der Waals surface area contributed by atoms with Crippen molar-refractivity contribution in [2.45, 2.75) is 13.8 Å². The molecule has 6 heteroatoms. The Labute approximate surface area is 117 Å². The van der Waals surface area contributed by atoms with E-state index in [1.165, 1.54) is 0 Å². The maximum Gasteiger partial charge on any atom is 0.339 e. The van der Waals surface area contributed by atoms with Crippen LogP contribution in [-0.4, -0.2) is 20.9 Å². The molecule has 0 aliphatic carbocycles. The summed E-state index contributed by atoms with van der Waals surface area (Å²) in [5.74, 6) is -1.07. The van der Waals surface area contributed by atoms with Crippen molar-refractivity contribution < 1.29 is 9.90 Å². The second-order valence-corrected chi connectivity index (χ2v) is 5.04. The minimum absolute atomic E-state index is 0.0530. The molecule has 0 saturated carbocycles. The zero-order chi connectivity index (χ0) is 13.4. The third kappa shape index (κ3) is 2.04. The fourth-order valence-corrected chi connectivity index (χ4v) is 2.26. The van der Waals surface area contributed by atoms with Gasteiger partial charge in [-0.25, -0.2) is 9.48 Å². The van der Waals surface area contributed by atoms with Crippen LogP contribution in [0.25, 0.3) is 5.69 Å². The number of carboxylic acids is 1. The summed E-state index contributed by atoms with van der Waals surface area (Å²) in [4.78, 5) is 11.3. The molecule has 2 aromatic rings. The number of halogens is 2. The van der Waals surface area contributed by atoms with E-state index in [1.54, 1.807) is 22.9 Å². The Bertz CT molecular complexity index is 637. The van der Waals surface area contributed by atoms with Gasteiger partial charge in [-0.2, -0.15) is 5.10 Å². The van der Waals surface area contributed by atoms with Crippen LogP contribution in [0.2, 0.25) is 5.02 Å². The largest absolute Gasteiger partial charge is 0.478 e. The molecule has 0 saturated heterocycles. The molecule has 0 atom stereocenters. The van der Waals surface area contributed by atoms with Crippen molar-refractivity contribution in [3.05, 3.63) is 44.6 Å². The number of benzene rings is 1. The Morgan fingerprint density at radius 1 is 1.44 bits per heavy atom. The van der Waals surface area contributed by atoms with E-state index in [1.807, 2.05) is 13.8 Å². The summed E-state index contributed by atoms with van der Waals surface area (Å²) in [6.45, 7) is 3.70. The number of carboxylic acid groups (broad SMARTS) is 1. The van der Waals surface area contributed by atoms with Crippen LogP contribution in [0, 0.1) is 13.8 Å². The first-order valence-corrected chi connectivity index (χ1v) is 6.34. The van der Waals surface area contributed by atoms with Crippen molar-refractivity contribution in [3.63, 3.8) is 0 Å². The van der Waals surface area contributed by atoms with Crippen molar-refractivity contribution in [1.82, 2.24) is 9.78 Å². The van der Waals surface area contributed by atoms with Crippen LogP contribution in [0.1, 0.15) is 21.7 Å². The number of aryl methyl sites for hydroxylation is 1. The minimum atomic E-state index is -1.07. The predicted molar refractivity (Wildman–Crippen MR) is 72.7 cm³/mol. The number of aromatic nitrogens is 2. The molecule has 1 N–H and O–H groups in total. The summed E-state index contributed by atoms with van der Waals surface area (Å²) < 4.78 is 2.44. The molecule has 1 heterocycles. The van der Waals surface area contributed by atoms with Gasteiger partial charge in [-0.05, 0) is 41.9 Å². The number of aromatic carboxylic acids is 1. The monoisotopic (exact) mass is 328 g/mol. The Hall–Kier alpha value is -1.33. The number of hydrogen-bond acceptors (Lipinski definition) is 2. The average molecular weight is 330 g/mol. The summed E-state index contributed by atoms with van der Waals surface area (Å²) in [5.41, 5.74) is 2.14. The number of carbonyl (C=O) groups is 1. The van der Waals surface area contributed by atoms with E-state index >= 15 is 0 Å². The highest BCUT2D eigenvalue weighted by atomic mass is 79.9. The lowest BCUT2D eigenvalue weighted by Gasteiger charge is -2.09. The zero-order valence-corrected chi connectivity index (χ0v) is 12.1. The maximum absolute atomic E-state index is 11.3. The van der Waals surface area contributed by atoms with E-state index in [9.17, 15) is 9.90 Å². The zero-order valence-electron chi connectivity index (χ0n) is 9.74. The van der Waals surface area contributed by atoms with E-state index in [0.29, 0.717) is 5.69 Å². The summed E-state index contributed by atoms with van der Waals surface area (Å²) >= 11 is 9.35. The number of nitrogens with zero attached hydrogens (tertiary/aromatic N) is 2. The van der Waals surface area contributed by atoms with Gasteiger partial charge in [-0.15, -0.1) is 0 Å². The number of hydrogen-bond donors (Lipinski definition) is 1. The van der Waals surface area contributed by atoms with Crippen LogP contribution in [0.5, 0.6) is 0 Å². The fraction of sp³-hybridized carbons (Fsp3) is 0.167. The third-order valence-corrected chi connectivity index (χ3v) is 4.10. The molecule has 2 rings (SSSR count). The van der Waals surface area contributed by atoms with Gasteiger partial charge in [0, 0.05) is 0 Å². The summed E-state index contributed by atoms with van der Waals surface area (Å²) in [5, 5.41) is 13.7. The van der Waals surface area contributed by atoms with E-state index in [0.717, 1.165) is 15.9 Å². The lowest BCUT2D eigenvalue weighted by atomic mass is 10.1. The van der Waals surface area contributed by atoms with Gasteiger partial charge < -0.3 is 5.11 Å². The molecule has 0 aliphatic heterocycles. The third-order valence-electron chi connectivity index (χ3n) is 2.64. The van der Waals surface area contributed by atoms with Crippen LogP contribution in [0.15, 0.2) is 22.7 Å². The van der Waals surface area contributed by atoms with E-state index in [-0.39, 0.29) is 10.6 Å². The molecule has 0 spiro atoms. The molecule has 94 valence electrons. The molecule has 0 fully saturated rings. The van der Waals surface area contributed by atoms with E-state index in [4.69, 9.17) is 11.6 Å². The molecule has 0 aliphatic rings. The fourth-order valence-electron chi connectivity index (χ4n) is 1.76. The normalized spacial score (nSPS) is 10.7. The Morgan fingerprint density at radius 3 is 2.61 bits per heavy atom.